The second-order valence-corrected chi connectivity index (χ2v) is 6.60. The molecule has 0 spiro atoms. The van der Waals surface area contributed by atoms with Gasteiger partial charge in [-0.25, -0.2) is 0 Å². The number of hydrogen-bond donors (Lipinski definition) is 0. The van der Waals surface area contributed by atoms with Crippen molar-refractivity contribution in [3.8, 4) is 5.75 Å². The number of rotatable bonds is 3. The molecule has 2 heterocycles. The molecule has 3 aromatic rings. The Morgan fingerprint density at radius 1 is 1.16 bits per heavy atom. The van der Waals surface area contributed by atoms with E-state index in [0.717, 1.165) is 11.3 Å². The van der Waals surface area contributed by atoms with Gasteiger partial charge in [0.25, 0.3) is 0 Å². The quantitative estimate of drug-likeness (QED) is 0.518. The van der Waals surface area contributed by atoms with Crippen molar-refractivity contribution in [2.75, 3.05) is 7.11 Å². The van der Waals surface area contributed by atoms with E-state index in [1.165, 1.54) is 10.9 Å². The molecule has 0 saturated carbocycles. The molecule has 0 saturated heterocycles. The van der Waals surface area contributed by atoms with Crippen LogP contribution in [-0.4, -0.2) is 21.2 Å². The molecule has 0 radical (unpaired) electrons. The Balaban J connectivity index is 0.00000225. The van der Waals surface area contributed by atoms with Gasteiger partial charge in [-0.15, -0.1) is 0 Å². The number of nitrogens with zero attached hydrogens (tertiary/aromatic N) is 4. The average Bonchev–Trinajstić information content (AvgIpc) is 2.89. The summed E-state index contributed by atoms with van der Waals surface area (Å²) < 4.78 is 8.03. The molecule has 3 rings (SSSR count). The largest absolute Gasteiger partial charge is 1.00 e. The minimum atomic E-state index is -0.648. The van der Waals surface area contributed by atoms with E-state index >= 15 is 0 Å². The summed E-state index contributed by atoms with van der Waals surface area (Å²) in [5.74, 6) is 0.766. The molecule has 1 aromatic carbocycles. The molecular weight excluding hydrogens is 347 g/mol. The van der Waals surface area contributed by atoms with Crippen LogP contribution in [0.2, 0.25) is 0 Å². The molecule has 0 aliphatic rings. The normalized spacial score (nSPS) is 11.4. The number of imidazole rings is 1. The number of ether oxygens (including phenoxy) is 1. The number of fused-ring (bicyclic) bond motifs is 1. The number of benzene rings is 1. The predicted molar refractivity (Wildman–Crippen MR) is 90.7 cm³/mol. The molecule has 0 N–H and O–H groups in total. The summed E-state index contributed by atoms with van der Waals surface area (Å²) in [7, 11) is 1.61. The fourth-order valence-electron chi connectivity index (χ4n) is 2.64. The van der Waals surface area contributed by atoms with Crippen LogP contribution in [0.5, 0.6) is 5.75 Å². The fourth-order valence-corrected chi connectivity index (χ4v) is 2.64. The Morgan fingerprint density at radius 2 is 1.80 bits per heavy atom. The summed E-state index contributed by atoms with van der Waals surface area (Å²) in [4.78, 5) is 33.0. The minimum absolute atomic E-state index is 0. The number of aromatic nitrogens is 4. The van der Waals surface area contributed by atoms with Gasteiger partial charge in [0.1, 0.15) is 11.3 Å². The monoisotopic (exact) mass is 366 g/mol. The first-order chi connectivity index (χ1) is 11.3. The molecule has 0 bridgehead atoms. The van der Waals surface area contributed by atoms with Gasteiger partial charge in [0, 0.05) is 18.5 Å². The van der Waals surface area contributed by atoms with Gasteiger partial charge in [0.05, 0.1) is 7.11 Å². The van der Waals surface area contributed by atoms with Crippen LogP contribution in [0.25, 0.3) is 11.2 Å². The zero-order valence-corrected chi connectivity index (χ0v) is 18.2. The summed E-state index contributed by atoms with van der Waals surface area (Å²) in [6.07, 6.45) is 1.54. The Kier molecular flexibility index (Phi) is 6.11. The second-order valence-electron chi connectivity index (χ2n) is 6.60. The van der Waals surface area contributed by atoms with Crippen molar-refractivity contribution in [1.29, 1.82) is 0 Å². The molecule has 0 amide bonds. The van der Waals surface area contributed by atoms with Gasteiger partial charge < -0.3 is 23.8 Å². The third-order valence-electron chi connectivity index (χ3n) is 3.80. The molecule has 0 aliphatic heterocycles. The van der Waals surface area contributed by atoms with Crippen molar-refractivity contribution in [2.45, 2.75) is 32.9 Å². The zero-order valence-electron chi connectivity index (χ0n) is 15.1. The van der Waals surface area contributed by atoms with Gasteiger partial charge in [-0.2, -0.15) is 0 Å². The molecule has 7 nitrogen and oxygen atoms in total. The molecule has 0 fully saturated rings. The van der Waals surface area contributed by atoms with Crippen LogP contribution >= 0.6 is 0 Å². The molecule has 8 heteroatoms. The Morgan fingerprint density at radius 3 is 2.36 bits per heavy atom. The molecule has 0 aliphatic carbocycles. The van der Waals surface area contributed by atoms with Gasteiger partial charge in [0.15, 0.2) is 0 Å². The molecule has 25 heavy (non-hydrogen) atoms. The first kappa shape index (κ1) is 20.1. The van der Waals surface area contributed by atoms with Crippen LogP contribution in [0, 0.1) is 0 Å². The van der Waals surface area contributed by atoms with Crippen molar-refractivity contribution >= 4 is 11.2 Å². The van der Waals surface area contributed by atoms with Crippen molar-refractivity contribution in [3.05, 3.63) is 57.0 Å². The van der Waals surface area contributed by atoms with Gasteiger partial charge in [-0.05, 0) is 23.2 Å². The van der Waals surface area contributed by atoms with Gasteiger partial charge in [-0.1, -0.05) is 32.9 Å². The van der Waals surface area contributed by atoms with Crippen molar-refractivity contribution < 1.29 is 56.1 Å². The third kappa shape index (κ3) is 3.98. The first-order valence-corrected chi connectivity index (χ1v) is 7.59. The summed E-state index contributed by atoms with van der Waals surface area (Å²) in [5.41, 5.74) is -0.0922. The standard InChI is InChI=1S/C17H20N4O3.K/c1-17(2,3)21-15(22)13-14(19-16(21)23)18-10-20(13)9-11-5-7-12(24-4)8-6-11;/h5-8,10H,9H2,1-4H3,(H,19,22,23);/q;+1/p-1. The minimum Gasteiger partial charge on any atom is -0.497 e. The first-order valence-electron chi connectivity index (χ1n) is 7.59. The number of hydrogen-bond acceptors (Lipinski definition) is 4. The van der Waals surface area contributed by atoms with Gasteiger partial charge in [0.2, 0.25) is 11.2 Å². The van der Waals surface area contributed by atoms with E-state index < -0.39 is 11.2 Å². The zero-order chi connectivity index (χ0) is 17.5. The van der Waals surface area contributed by atoms with Gasteiger partial charge >= 0.3 is 51.4 Å². The van der Waals surface area contributed by atoms with E-state index in [0.29, 0.717) is 12.1 Å². The maximum atomic E-state index is 12.8. The molecule has 0 atom stereocenters. The molecule has 0 unspecified atom stereocenters. The summed E-state index contributed by atoms with van der Waals surface area (Å²) in [6, 6.07) is 7.55. The van der Waals surface area contributed by atoms with Crippen molar-refractivity contribution in [3.63, 3.8) is 0 Å². The number of methoxy groups -OCH3 is 1. The van der Waals surface area contributed by atoms with Crippen molar-refractivity contribution in [1.82, 2.24) is 19.1 Å². The summed E-state index contributed by atoms with van der Waals surface area (Å²) in [5, 5.41) is 0. The third-order valence-corrected chi connectivity index (χ3v) is 3.80. The topological polar surface area (TPSA) is 80.2 Å². The Bertz CT molecular complexity index is 994. The van der Waals surface area contributed by atoms with Gasteiger partial charge in [-0.3, -0.25) is 9.59 Å². The van der Waals surface area contributed by atoms with Crippen LogP contribution in [0.4, 0.5) is 0 Å². The maximum absolute atomic E-state index is 12.8. The van der Waals surface area contributed by atoms with Crippen LogP contribution in [0.3, 0.4) is 0 Å². The average molecular weight is 366 g/mol. The van der Waals surface area contributed by atoms with E-state index in [9.17, 15) is 9.59 Å². The smallest absolute Gasteiger partial charge is 0.497 e. The van der Waals surface area contributed by atoms with E-state index in [2.05, 4.69) is 9.97 Å². The fraction of sp³-hybridized carbons (Fsp3) is 0.353. The molecule has 126 valence electrons. The van der Waals surface area contributed by atoms with E-state index in [-0.39, 0.29) is 62.6 Å². The van der Waals surface area contributed by atoms with Crippen LogP contribution in [0.1, 0.15) is 26.3 Å². The predicted octanol–water partition coefficient (Wildman–Crippen LogP) is -1.67. The SMILES string of the molecule is COc1ccc(Cn2cnc3[n-]c(=O)n(C(C)(C)C)c(=O)c32)cc1.[K+]. The van der Waals surface area contributed by atoms with Crippen LogP contribution < -0.4 is 72.4 Å². The van der Waals surface area contributed by atoms with E-state index in [1.54, 1.807) is 32.4 Å². The van der Waals surface area contributed by atoms with Crippen LogP contribution in [0.15, 0.2) is 40.2 Å². The second kappa shape index (κ2) is 7.59. The Hall–Kier alpha value is -1.19. The van der Waals surface area contributed by atoms with Crippen LogP contribution in [-0.2, 0) is 12.1 Å². The van der Waals surface area contributed by atoms with E-state index in [1.807, 2.05) is 24.3 Å². The maximum Gasteiger partial charge on any atom is 1.00 e. The molecular formula is C17H19KN4O3. The van der Waals surface area contributed by atoms with E-state index in [4.69, 9.17) is 4.74 Å². The summed E-state index contributed by atoms with van der Waals surface area (Å²) in [6.45, 7) is 5.86. The Labute approximate surface area is 187 Å². The van der Waals surface area contributed by atoms with Crippen molar-refractivity contribution in [2.24, 2.45) is 0 Å². The molecule has 2 aromatic heterocycles. The summed E-state index contributed by atoms with van der Waals surface area (Å²) >= 11 is 0.